The van der Waals surface area contributed by atoms with E-state index in [2.05, 4.69) is 16.9 Å². The summed E-state index contributed by atoms with van der Waals surface area (Å²) in [6, 6.07) is 2.00. The second kappa shape index (κ2) is 3.38. The Bertz CT molecular complexity index is 420. The van der Waals surface area contributed by atoms with E-state index < -0.39 is 0 Å². The van der Waals surface area contributed by atoms with Gasteiger partial charge < -0.3 is 4.98 Å². The van der Waals surface area contributed by atoms with Gasteiger partial charge in [0, 0.05) is 17.8 Å². The maximum absolute atomic E-state index is 5.93. The van der Waals surface area contributed by atoms with Crippen LogP contribution in [0.1, 0.15) is 18.9 Å². The van der Waals surface area contributed by atoms with Crippen molar-refractivity contribution in [1.82, 2.24) is 9.97 Å². The number of hydrogen-bond donors (Lipinski definition) is 1. The number of pyridine rings is 1. The molecule has 0 aliphatic rings. The van der Waals surface area contributed by atoms with Crippen molar-refractivity contribution in [3.05, 3.63) is 29.2 Å². The van der Waals surface area contributed by atoms with Crippen molar-refractivity contribution in [2.24, 2.45) is 0 Å². The lowest BCUT2D eigenvalue weighted by atomic mass is 10.1. The third kappa shape index (κ3) is 1.42. The zero-order valence-electron chi connectivity index (χ0n) is 7.47. The van der Waals surface area contributed by atoms with Gasteiger partial charge in [0.1, 0.15) is 0 Å². The second-order valence-corrected chi connectivity index (χ2v) is 3.45. The predicted molar refractivity (Wildman–Crippen MR) is 55.1 cm³/mol. The van der Waals surface area contributed by atoms with Gasteiger partial charge in [-0.25, -0.2) is 4.98 Å². The highest BCUT2D eigenvalue weighted by Crippen LogP contribution is 2.23. The van der Waals surface area contributed by atoms with Crippen LogP contribution in [-0.4, -0.2) is 9.97 Å². The number of rotatable bonds is 2. The monoisotopic (exact) mass is 194 g/mol. The van der Waals surface area contributed by atoms with Crippen LogP contribution in [0, 0.1) is 0 Å². The highest BCUT2D eigenvalue weighted by atomic mass is 35.5. The van der Waals surface area contributed by atoms with Crippen LogP contribution < -0.4 is 0 Å². The maximum Gasteiger partial charge on any atom is 0.153 e. The van der Waals surface area contributed by atoms with E-state index in [1.807, 2.05) is 12.3 Å². The quantitative estimate of drug-likeness (QED) is 0.731. The molecule has 0 saturated carbocycles. The first-order valence-corrected chi connectivity index (χ1v) is 4.81. The van der Waals surface area contributed by atoms with Gasteiger partial charge in [0.25, 0.3) is 0 Å². The smallest absolute Gasteiger partial charge is 0.153 e. The molecule has 0 unspecified atom stereocenters. The minimum absolute atomic E-state index is 0.555. The van der Waals surface area contributed by atoms with E-state index >= 15 is 0 Å². The summed E-state index contributed by atoms with van der Waals surface area (Å²) < 4.78 is 0. The van der Waals surface area contributed by atoms with Crippen molar-refractivity contribution >= 4 is 22.5 Å². The first kappa shape index (κ1) is 8.57. The molecule has 0 amide bonds. The Morgan fingerprint density at radius 2 is 2.38 bits per heavy atom. The van der Waals surface area contributed by atoms with Crippen LogP contribution in [-0.2, 0) is 6.42 Å². The Hall–Kier alpha value is -1.02. The molecule has 0 bridgehead atoms. The van der Waals surface area contributed by atoms with E-state index in [0.29, 0.717) is 5.15 Å². The first-order valence-electron chi connectivity index (χ1n) is 4.43. The summed E-state index contributed by atoms with van der Waals surface area (Å²) in [4.78, 5) is 7.16. The van der Waals surface area contributed by atoms with Gasteiger partial charge >= 0.3 is 0 Å². The molecule has 0 spiro atoms. The van der Waals surface area contributed by atoms with E-state index in [0.717, 1.165) is 18.4 Å². The highest BCUT2D eigenvalue weighted by Gasteiger charge is 2.05. The molecule has 0 aromatic carbocycles. The first-order chi connectivity index (χ1) is 6.33. The molecule has 2 aromatic rings. The minimum atomic E-state index is 0.555. The predicted octanol–water partition coefficient (Wildman–Crippen LogP) is 3.17. The van der Waals surface area contributed by atoms with Crippen LogP contribution in [0.15, 0.2) is 18.5 Å². The summed E-state index contributed by atoms with van der Waals surface area (Å²) in [5.41, 5.74) is 2.27. The van der Waals surface area contributed by atoms with E-state index in [1.165, 1.54) is 10.9 Å². The Balaban J connectivity index is 2.61. The summed E-state index contributed by atoms with van der Waals surface area (Å²) in [6.45, 7) is 2.17. The van der Waals surface area contributed by atoms with Crippen LogP contribution >= 0.6 is 11.6 Å². The highest BCUT2D eigenvalue weighted by molar-refractivity contribution is 6.33. The van der Waals surface area contributed by atoms with Gasteiger partial charge in [-0.1, -0.05) is 24.9 Å². The molecule has 0 saturated heterocycles. The van der Waals surface area contributed by atoms with E-state index in [-0.39, 0.29) is 0 Å². The maximum atomic E-state index is 5.93. The Kier molecular flexibility index (Phi) is 2.23. The van der Waals surface area contributed by atoms with E-state index in [1.54, 1.807) is 6.20 Å². The number of halogens is 1. The molecule has 3 heteroatoms. The molecule has 0 aliphatic carbocycles. The number of hydrogen-bond acceptors (Lipinski definition) is 1. The third-order valence-electron chi connectivity index (χ3n) is 2.16. The number of fused-ring (bicyclic) bond motifs is 1. The van der Waals surface area contributed by atoms with Gasteiger partial charge in [-0.3, -0.25) is 0 Å². The number of aromatic nitrogens is 2. The van der Waals surface area contributed by atoms with Crippen molar-refractivity contribution < 1.29 is 0 Å². The fraction of sp³-hybridized carbons (Fsp3) is 0.300. The molecule has 2 heterocycles. The molecular weight excluding hydrogens is 184 g/mol. The molecule has 0 fully saturated rings. The van der Waals surface area contributed by atoms with Crippen molar-refractivity contribution in [2.75, 3.05) is 0 Å². The average Bonchev–Trinajstić information content (AvgIpc) is 2.51. The Labute approximate surface area is 81.9 Å². The topological polar surface area (TPSA) is 28.7 Å². The minimum Gasteiger partial charge on any atom is -0.358 e. The summed E-state index contributed by atoms with van der Waals surface area (Å²) >= 11 is 5.93. The normalized spacial score (nSPS) is 10.9. The van der Waals surface area contributed by atoms with Crippen LogP contribution in [0.25, 0.3) is 10.9 Å². The van der Waals surface area contributed by atoms with Crippen LogP contribution in [0.5, 0.6) is 0 Å². The van der Waals surface area contributed by atoms with Gasteiger partial charge in [0.2, 0.25) is 0 Å². The summed E-state index contributed by atoms with van der Waals surface area (Å²) in [7, 11) is 0. The lowest BCUT2D eigenvalue weighted by Crippen LogP contribution is -1.80. The number of nitrogens with one attached hydrogen (secondary N) is 1. The number of aromatic amines is 1. The molecule has 1 N–H and O–H groups in total. The fourth-order valence-corrected chi connectivity index (χ4v) is 1.77. The molecule has 0 aliphatic heterocycles. The molecule has 2 aromatic heterocycles. The van der Waals surface area contributed by atoms with Crippen LogP contribution in [0.4, 0.5) is 0 Å². The SMILES string of the molecule is CCCc1c[nH]c2c(Cl)nccc12. The molecule has 13 heavy (non-hydrogen) atoms. The lowest BCUT2D eigenvalue weighted by molar-refractivity contribution is 0.929. The van der Waals surface area contributed by atoms with Gasteiger partial charge in [0.15, 0.2) is 5.15 Å². The summed E-state index contributed by atoms with van der Waals surface area (Å²) in [5, 5.41) is 1.75. The van der Waals surface area contributed by atoms with E-state index in [4.69, 9.17) is 11.6 Å². The fourth-order valence-electron chi connectivity index (χ4n) is 1.55. The average molecular weight is 195 g/mol. The molecule has 2 rings (SSSR count). The van der Waals surface area contributed by atoms with Crippen molar-refractivity contribution in [3.63, 3.8) is 0 Å². The van der Waals surface area contributed by atoms with Gasteiger partial charge in [0.05, 0.1) is 5.52 Å². The number of H-pyrrole nitrogens is 1. The second-order valence-electron chi connectivity index (χ2n) is 3.09. The number of aryl methyl sites for hydroxylation is 1. The largest absolute Gasteiger partial charge is 0.358 e. The Morgan fingerprint density at radius 3 is 3.15 bits per heavy atom. The van der Waals surface area contributed by atoms with Gasteiger partial charge in [-0.2, -0.15) is 0 Å². The third-order valence-corrected chi connectivity index (χ3v) is 2.45. The molecule has 0 atom stereocenters. The molecule has 0 radical (unpaired) electrons. The lowest BCUT2D eigenvalue weighted by Gasteiger charge is -1.95. The molecule has 68 valence electrons. The standard InChI is InChI=1S/C10H11ClN2/c1-2-3-7-6-13-9-8(7)4-5-12-10(9)11/h4-6,13H,2-3H2,1H3. The van der Waals surface area contributed by atoms with E-state index in [9.17, 15) is 0 Å². The van der Waals surface area contributed by atoms with Gasteiger partial charge in [-0.15, -0.1) is 0 Å². The Morgan fingerprint density at radius 1 is 1.54 bits per heavy atom. The molecular formula is C10H11ClN2. The van der Waals surface area contributed by atoms with Crippen molar-refractivity contribution in [2.45, 2.75) is 19.8 Å². The zero-order chi connectivity index (χ0) is 9.26. The zero-order valence-corrected chi connectivity index (χ0v) is 8.23. The van der Waals surface area contributed by atoms with Crippen LogP contribution in [0.2, 0.25) is 5.15 Å². The van der Waals surface area contributed by atoms with Gasteiger partial charge in [-0.05, 0) is 18.1 Å². The summed E-state index contributed by atoms with van der Waals surface area (Å²) in [5.74, 6) is 0. The van der Waals surface area contributed by atoms with Crippen molar-refractivity contribution in [3.8, 4) is 0 Å². The molecule has 2 nitrogen and oxygen atoms in total. The number of nitrogens with zero attached hydrogens (tertiary/aromatic N) is 1. The van der Waals surface area contributed by atoms with Crippen LogP contribution in [0.3, 0.4) is 0 Å². The summed E-state index contributed by atoms with van der Waals surface area (Å²) in [6.07, 6.45) is 5.99. The van der Waals surface area contributed by atoms with Crippen molar-refractivity contribution in [1.29, 1.82) is 0 Å².